The number of amides is 2. The number of carbonyl (C=O) groups is 2. The number of piperidine rings is 1. The van der Waals surface area contributed by atoms with Crippen LogP contribution in [0.25, 0.3) is 0 Å². The second-order valence-corrected chi connectivity index (χ2v) is 12.5. The molecule has 7 rings (SSSR count). The van der Waals surface area contributed by atoms with Crippen molar-refractivity contribution in [2.45, 2.75) is 18.9 Å². The highest BCUT2D eigenvalue weighted by Crippen LogP contribution is 2.39. The predicted octanol–water partition coefficient (Wildman–Crippen LogP) is 4.70. The van der Waals surface area contributed by atoms with Crippen LogP contribution in [0.5, 0.6) is 11.5 Å². The Bertz CT molecular complexity index is 1830. The van der Waals surface area contributed by atoms with Crippen LogP contribution in [0.15, 0.2) is 89.7 Å². The van der Waals surface area contributed by atoms with Crippen molar-refractivity contribution in [2.24, 2.45) is 5.92 Å². The topological polar surface area (TPSA) is 96.3 Å². The monoisotopic (exact) mass is 633 g/mol. The lowest BCUT2D eigenvalue weighted by molar-refractivity contribution is 0.0746. The maximum atomic E-state index is 13.8. The first kappa shape index (κ1) is 30.4. The van der Waals surface area contributed by atoms with Crippen LogP contribution in [0.1, 0.15) is 38.7 Å². The molecule has 0 spiro atoms. The van der Waals surface area contributed by atoms with E-state index in [2.05, 4.69) is 27.2 Å². The molecule has 242 valence electrons. The van der Waals surface area contributed by atoms with Gasteiger partial charge in [-0.3, -0.25) is 14.4 Å². The third kappa shape index (κ3) is 6.15. The van der Waals surface area contributed by atoms with Crippen LogP contribution in [0, 0.1) is 5.92 Å². The summed E-state index contributed by atoms with van der Waals surface area (Å²) in [6.07, 6.45) is 1.01. The summed E-state index contributed by atoms with van der Waals surface area (Å²) < 4.78 is 12.7. The quantitative estimate of drug-likeness (QED) is 0.315. The van der Waals surface area contributed by atoms with Crippen LogP contribution in [0.4, 0.5) is 17.1 Å². The molecule has 10 heteroatoms. The maximum absolute atomic E-state index is 13.8. The van der Waals surface area contributed by atoms with Crippen LogP contribution < -0.4 is 30.1 Å². The number of piperazine rings is 1. The summed E-state index contributed by atoms with van der Waals surface area (Å²) in [6.45, 7) is 4.81. The van der Waals surface area contributed by atoms with Crippen LogP contribution >= 0.6 is 0 Å². The molecule has 0 aliphatic carbocycles. The van der Waals surface area contributed by atoms with E-state index >= 15 is 0 Å². The molecular weight excluding hydrogens is 594 g/mol. The fraction of sp³-hybridized carbons (Fsp3) is 0.324. The van der Waals surface area contributed by atoms with Crippen LogP contribution in [-0.2, 0) is 6.54 Å². The highest BCUT2D eigenvalue weighted by molar-refractivity contribution is 6.07. The van der Waals surface area contributed by atoms with Gasteiger partial charge in [0.2, 0.25) is 0 Å². The second-order valence-electron chi connectivity index (χ2n) is 12.5. The lowest BCUT2D eigenvalue weighted by Crippen LogP contribution is -2.49. The van der Waals surface area contributed by atoms with Crippen molar-refractivity contribution in [1.82, 2.24) is 9.47 Å². The van der Waals surface area contributed by atoms with Gasteiger partial charge in [0.05, 0.1) is 25.6 Å². The van der Waals surface area contributed by atoms with Crippen molar-refractivity contribution in [3.05, 3.63) is 112 Å². The van der Waals surface area contributed by atoms with Gasteiger partial charge in [0.25, 0.3) is 17.4 Å². The molecule has 3 aromatic carbocycles. The van der Waals surface area contributed by atoms with E-state index in [9.17, 15) is 14.4 Å². The molecule has 2 fully saturated rings. The van der Waals surface area contributed by atoms with E-state index in [-0.39, 0.29) is 29.2 Å². The molecule has 3 aliphatic heterocycles. The number of ether oxygens (including phenoxy) is 2. The molecule has 2 bridgehead atoms. The lowest BCUT2D eigenvalue weighted by Gasteiger charge is -2.44. The van der Waals surface area contributed by atoms with Crippen molar-refractivity contribution >= 4 is 28.9 Å². The number of aromatic nitrogens is 1. The van der Waals surface area contributed by atoms with Gasteiger partial charge in [0.15, 0.2) is 0 Å². The minimum Gasteiger partial charge on any atom is -0.497 e. The number of para-hydroxylation sites is 1. The molecule has 3 aliphatic rings. The largest absolute Gasteiger partial charge is 0.497 e. The maximum Gasteiger partial charge on any atom is 0.255 e. The summed E-state index contributed by atoms with van der Waals surface area (Å²) in [5.74, 6) is 1.09. The van der Waals surface area contributed by atoms with Crippen molar-refractivity contribution in [3.63, 3.8) is 0 Å². The van der Waals surface area contributed by atoms with Crippen LogP contribution in [0.3, 0.4) is 0 Å². The van der Waals surface area contributed by atoms with Crippen LogP contribution in [0.2, 0.25) is 0 Å². The highest BCUT2D eigenvalue weighted by Gasteiger charge is 2.35. The van der Waals surface area contributed by atoms with Crippen molar-refractivity contribution in [2.75, 3.05) is 68.6 Å². The summed E-state index contributed by atoms with van der Waals surface area (Å²) in [5, 5.41) is 3.12. The Kier molecular flexibility index (Phi) is 8.32. The van der Waals surface area contributed by atoms with Gasteiger partial charge >= 0.3 is 0 Å². The second kappa shape index (κ2) is 12.9. The van der Waals surface area contributed by atoms with E-state index < -0.39 is 0 Å². The Hall–Kier alpha value is -5.25. The van der Waals surface area contributed by atoms with Crippen molar-refractivity contribution in [1.29, 1.82) is 0 Å². The Balaban J connectivity index is 1.18. The van der Waals surface area contributed by atoms with Crippen molar-refractivity contribution in [3.8, 4) is 11.5 Å². The summed E-state index contributed by atoms with van der Waals surface area (Å²) in [7, 11) is 3.09. The number of carbonyl (C=O) groups excluding carboxylic acids is 2. The first-order chi connectivity index (χ1) is 22.9. The summed E-state index contributed by atoms with van der Waals surface area (Å²) in [5.41, 5.74) is 4.56. The fourth-order valence-electron chi connectivity index (χ4n) is 7.26. The third-order valence-electron chi connectivity index (χ3n) is 9.61. The molecule has 2 saturated heterocycles. The normalized spacial score (nSPS) is 18.7. The molecule has 4 aromatic rings. The summed E-state index contributed by atoms with van der Waals surface area (Å²) >= 11 is 0. The molecule has 2 atom stereocenters. The molecule has 47 heavy (non-hydrogen) atoms. The number of hydrogen-bond acceptors (Lipinski definition) is 7. The van der Waals surface area contributed by atoms with Gasteiger partial charge in [-0.15, -0.1) is 0 Å². The third-order valence-corrected chi connectivity index (χ3v) is 9.61. The molecule has 10 nitrogen and oxygen atoms in total. The van der Waals surface area contributed by atoms with Gasteiger partial charge in [-0.05, 0) is 60.9 Å². The Morgan fingerprint density at radius 1 is 0.745 bits per heavy atom. The van der Waals surface area contributed by atoms with E-state index in [4.69, 9.17) is 9.47 Å². The molecule has 4 heterocycles. The summed E-state index contributed by atoms with van der Waals surface area (Å²) in [4.78, 5) is 46.7. The molecule has 2 amide bonds. The SMILES string of the molecule is COc1cc(OC)cc(C(=O)Nc2cc(C(=O)N3CCN(c4ccccc4)CC3)ccc2N2C[C@H]3C[C@@H](C2)c2cccc(=O)n2C3)c1. The van der Waals surface area contributed by atoms with E-state index in [0.717, 1.165) is 43.1 Å². The zero-order chi connectivity index (χ0) is 32.5. The van der Waals surface area contributed by atoms with Gasteiger partial charge in [-0.25, -0.2) is 0 Å². The number of nitrogens with one attached hydrogen (secondary N) is 1. The number of fused-ring (bicyclic) bond motifs is 4. The van der Waals surface area contributed by atoms with Crippen molar-refractivity contribution < 1.29 is 19.1 Å². The first-order valence-corrected chi connectivity index (χ1v) is 16.1. The van der Waals surface area contributed by atoms with Gasteiger partial charge in [0.1, 0.15) is 11.5 Å². The number of methoxy groups -OCH3 is 2. The first-order valence-electron chi connectivity index (χ1n) is 16.1. The number of hydrogen-bond donors (Lipinski definition) is 1. The predicted molar refractivity (Wildman–Crippen MR) is 182 cm³/mol. The average molecular weight is 634 g/mol. The summed E-state index contributed by atoms with van der Waals surface area (Å²) in [6, 6.07) is 26.4. The molecule has 0 radical (unpaired) electrons. The number of anilines is 3. The minimum absolute atomic E-state index is 0.0415. The molecular formula is C37H39N5O5. The zero-order valence-corrected chi connectivity index (χ0v) is 26.7. The van der Waals surface area contributed by atoms with E-state index in [1.165, 1.54) is 0 Å². The number of pyridine rings is 1. The van der Waals surface area contributed by atoms with Gasteiger partial charge in [-0.1, -0.05) is 24.3 Å². The lowest BCUT2D eigenvalue weighted by atomic mass is 9.83. The number of benzene rings is 3. The fourth-order valence-corrected chi connectivity index (χ4v) is 7.26. The van der Waals surface area contributed by atoms with Gasteiger partial charge in [0, 0.05) is 86.4 Å². The molecule has 1 N–H and O–H groups in total. The number of rotatable bonds is 7. The smallest absolute Gasteiger partial charge is 0.255 e. The van der Waals surface area contributed by atoms with Gasteiger partial charge in [-0.2, -0.15) is 0 Å². The zero-order valence-electron chi connectivity index (χ0n) is 26.7. The Morgan fingerprint density at radius 3 is 2.21 bits per heavy atom. The Labute approximate surface area is 274 Å². The van der Waals surface area contributed by atoms with Crippen LogP contribution in [-0.4, -0.2) is 74.8 Å². The standard InChI is InChI=1S/C37H39N5O5/c1-46-30-18-27(19-31(21-30)47-2)36(44)38-32-20-26(37(45)40-15-13-39(14-16-40)29-7-4-3-5-8-29)11-12-34(32)41-22-25-17-28(24-41)33-9-6-10-35(43)42(33)23-25/h3-12,18-21,25,28H,13-17,22-24H2,1-2H3,(H,38,44)/t25-,28+/m1/s1. The van der Waals surface area contributed by atoms with E-state index in [0.29, 0.717) is 54.5 Å². The molecule has 1 aromatic heterocycles. The van der Waals surface area contributed by atoms with E-state index in [1.54, 1.807) is 44.6 Å². The highest BCUT2D eigenvalue weighted by atomic mass is 16.5. The molecule has 0 unspecified atom stereocenters. The molecule has 0 saturated carbocycles. The van der Waals surface area contributed by atoms with Gasteiger partial charge < -0.3 is 34.1 Å². The Morgan fingerprint density at radius 2 is 1.49 bits per heavy atom. The minimum atomic E-state index is -0.335. The van der Waals surface area contributed by atoms with E-state index in [1.807, 2.05) is 51.9 Å². The number of nitrogens with zero attached hydrogens (tertiary/aromatic N) is 4. The average Bonchev–Trinajstić information content (AvgIpc) is 3.12.